The first-order valence-corrected chi connectivity index (χ1v) is 11.5. The summed E-state index contributed by atoms with van der Waals surface area (Å²) in [5, 5.41) is 0.561. The third-order valence-electron chi connectivity index (χ3n) is 6.24. The van der Waals surface area contributed by atoms with Crippen molar-refractivity contribution in [2.45, 2.75) is 18.9 Å². The van der Waals surface area contributed by atoms with E-state index in [9.17, 15) is 9.59 Å². The van der Waals surface area contributed by atoms with E-state index in [0.29, 0.717) is 27.8 Å². The van der Waals surface area contributed by atoms with Crippen LogP contribution in [-0.2, 0) is 0 Å². The van der Waals surface area contributed by atoms with E-state index in [1.54, 1.807) is 49.7 Å². The summed E-state index contributed by atoms with van der Waals surface area (Å²) in [5.74, 6) is 0.241. The number of hydrogen-bond acceptors (Lipinski definition) is 7. The van der Waals surface area contributed by atoms with Crippen LogP contribution < -0.4 is 9.64 Å². The average molecular weight is 488 g/mol. The van der Waals surface area contributed by atoms with Crippen LogP contribution in [0.3, 0.4) is 0 Å². The summed E-state index contributed by atoms with van der Waals surface area (Å²) in [7, 11) is 1.58. The summed E-state index contributed by atoms with van der Waals surface area (Å²) in [4.78, 5) is 37.0. The molecule has 0 spiro atoms. The lowest BCUT2D eigenvalue weighted by Gasteiger charge is -2.26. The Bertz CT molecular complexity index is 1390. The molecule has 3 heterocycles. The topological polar surface area (TPSA) is 85.5 Å². The van der Waals surface area contributed by atoms with Gasteiger partial charge >= 0.3 is 0 Å². The van der Waals surface area contributed by atoms with Crippen LogP contribution in [-0.4, -0.2) is 41.2 Å². The molecule has 0 aliphatic carbocycles. The number of hydrogen-bond donors (Lipinski definition) is 0. The minimum absolute atomic E-state index is 0.000363. The van der Waals surface area contributed by atoms with E-state index < -0.39 is 5.92 Å². The highest BCUT2D eigenvalue weighted by Gasteiger charge is 2.41. The van der Waals surface area contributed by atoms with E-state index >= 15 is 0 Å². The van der Waals surface area contributed by atoms with Crippen LogP contribution in [0.5, 0.6) is 5.75 Å². The van der Waals surface area contributed by atoms with Crippen LogP contribution in [0, 0.1) is 0 Å². The van der Waals surface area contributed by atoms with E-state index in [1.807, 2.05) is 36.1 Å². The number of rotatable bonds is 7. The number of methoxy groups -OCH3 is 1. The molecule has 176 valence electrons. The number of nitrogens with zero attached hydrogens (tertiary/aromatic N) is 3. The highest BCUT2D eigenvalue weighted by Crippen LogP contribution is 2.44. The number of anilines is 1. The smallest absolute Gasteiger partial charge is 0.265 e. The van der Waals surface area contributed by atoms with Gasteiger partial charge in [-0.3, -0.25) is 14.6 Å². The SMILES string of the molecule is COc1ccc2c(c1)C(C(=O)c1ccc(Cl)cc1)C(C)N2CC(=O)c1ncc(-c2ccccn2)o1. The quantitative estimate of drug-likeness (QED) is 0.320. The van der Waals surface area contributed by atoms with E-state index in [0.717, 1.165) is 11.3 Å². The molecule has 4 aromatic rings. The van der Waals surface area contributed by atoms with Gasteiger partial charge in [0, 0.05) is 28.5 Å². The molecule has 35 heavy (non-hydrogen) atoms. The Balaban J connectivity index is 1.45. The number of halogens is 1. The zero-order valence-electron chi connectivity index (χ0n) is 19.1. The molecule has 0 saturated heterocycles. The van der Waals surface area contributed by atoms with Crippen LogP contribution in [0.4, 0.5) is 5.69 Å². The second-order valence-corrected chi connectivity index (χ2v) is 8.75. The molecule has 1 aliphatic rings. The molecule has 2 unspecified atom stereocenters. The molecule has 0 radical (unpaired) electrons. The first-order valence-electron chi connectivity index (χ1n) is 11.1. The first kappa shape index (κ1) is 22.8. The molecule has 0 saturated carbocycles. The first-order chi connectivity index (χ1) is 17.0. The van der Waals surface area contributed by atoms with Gasteiger partial charge in [-0.1, -0.05) is 17.7 Å². The maximum Gasteiger partial charge on any atom is 0.265 e. The number of aromatic nitrogens is 2. The number of benzene rings is 2. The van der Waals surface area contributed by atoms with Gasteiger partial charge in [-0.25, -0.2) is 4.98 Å². The summed E-state index contributed by atoms with van der Waals surface area (Å²) in [6.07, 6.45) is 3.14. The van der Waals surface area contributed by atoms with E-state index in [4.69, 9.17) is 20.8 Å². The van der Waals surface area contributed by atoms with Crippen LogP contribution in [0.25, 0.3) is 11.5 Å². The molecule has 5 rings (SSSR count). The minimum atomic E-state index is -0.484. The van der Waals surface area contributed by atoms with Gasteiger partial charge in [0.25, 0.3) is 5.89 Å². The number of carbonyl (C=O) groups excluding carboxylic acids is 2. The molecule has 0 amide bonds. The van der Waals surface area contributed by atoms with Crippen LogP contribution in [0.2, 0.25) is 5.02 Å². The lowest BCUT2D eigenvalue weighted by molar-refractivity contribution is 0.0935. The molecule has 0 N–H and O–H groups in total. The van der Waals surface area contributed by atoms with Gasteiger partial charge in [-0.2, -0.15) is 0 Å². The Labute approximate surface area is 207 Å². The molecule has 1 aliphatic heterocycles. The monoisotopic (exact) mass is 487 g/mol. The highest BCUT2D eigenvalue weighted by atomic mass is 35.5. The predicted molar refractivity (Wildman–Crippen MR) is 132 cm³/mol. The van der Waals surface area contributed by atoms with Gasteiger partial charge in [0.05, 0.1) is 25.8 Å². The minimum Gasteiger partial charge on any atom is -0.497 e. The Hall–Kier alpha value is -3.97. The fourth-order valence-electron chi connectivity index (χ4n) is 4.46. The maximum atomic E-state index is 13.6. The van der Waals surface area contributed by atoms with E-state index in [-0.39, 0.29) is 30.0 Å². The fraction of sp³-hybridized carbons (Fsp3) is 0.185. The van der Waals surface area contributed by atoms with E-state index in [1.165, 1.54) is 6.20 Å². The molecule has 2 aromatic heterocycles. The van der Waals surface area contributed by atoms with Crippen molar-refractivity contribution in [3.05, 3.63) is 95.1 Å². The Kier molecular flexibility index (Phi) is 6.09. The zero-order valence-corrected chi connectivity index (χ0v) is 19.9. The van der Waals surface area contributed by atoms with Crippen molar-refractivity contribution < 1.29 is 18.7 Å². The van der Waals surface area contributed by atoms with Gasteiger partial charge in [-0.05, 0) is 67.1 Å². The van der Waals surface area contributed by atoms with Crippen LogP contribution >= 0.6 is 11.6 Å². The van der Waals surface area contributed by atoms with Crippen molar-refractivity contribution in [1.29, 1.82) is 0 Å². The molecular weight excluding hydrogens is 466 g/mol. The molecule has 2 aromatic carbocycles. The molecule has 0 bridgehead atoms. The second-order valence-electron chi connectivity index (χ2n) is 8.31. The summed E-state index contributed by atoms with van der Waals surface area (Å²) in [5.41, 5.74) is 2.77. The predicted octanol–water partition coefficient (Wildman–Crippen LogP) is 5.46. The average Bonchev–Trinajstić information content (AvgIpc) is 3.48. The highest BCUT2D eigenvalue weighted by molar-refractivity contribution is 6.30. The lowest BCUT2D eigenvalue weighted by Crippen LogP contribution is -2.38. The van der Waals surface area contributed by atoms with Crippen molar-refractivity contribution in [3.63, 3.8) is 0 Å². The Morgan fingerprint density at radius 1 is 1.09 bits per heavy atom. The number of fused-ring (bicyclic) bond motifs is 1. The number of oxazole rings is 1. The van der Waals surface area contributed by atoms with Crippen LogP contribution in [0.1, 0.15) is 39.4 Å². The molecule has 0 fully saturated rings. The van der Waals surface area contributed by atoms with Crippen molar-refractivity contribution >= 4 is 28.9 Å². The standard InChI is InChI=1S/C27H22ClN3O4/c1-16-25(26(33)17-6-8-18(28)9-7-17)20-13-19(34-2)10-11-22(20)31(16)15-23(32)27-30-14-24(35-27)21-5-3-4-12-29-21/h3-14,16,25H,15H2,1-2H3. The lowest BCUT2D eigenvalue weighted by atomic mass is 9.88. The fourth-order valence-corrected chi connectivity index (χ4v) is 4.59. The normalized spacial score (nSPS) is 16.7. The maximum absolute atomic E-state index is 13.6. The van der Waals surface area contributed by atoms with Gasteiger partial charge in [0.2, 0.25) is 5.78 Å². The van der Waals surface area contributed by atoms with Crippen LogP contribution in [0.15, 0.2) is 77.5 Å². The van der Waals surface area contributed by atoms with Gasteiger partial charge < -0.3 is 14.1 Å². The summed E-state index contributed by atoms with van der Waals surface area (Å²) >= 11 is 6.01. The van der Waals surface area contributed by atoms with Gasteiger partial charge in [0.15, 0.2) is 11.5 Å². The molecule has 8 heteroatoms. The molecular formula is C27H22ClN3O4. The van der Waals surface area contributed by atoms with E-state index in [2.05, 4.69) is 9.97 Å². The number of Topliss-reactive ketones (excluding diaryl/α,β-unsaturated/α-hetero) is 2. The van der Waals surface area contributed by atoms with Crippen molar-refractivity contribution in [3.8, 4) is 17.2 Å². The largest absolute Gasteiger partial charge is 0.497 e. The van der Waals surface area contributed by atoms with Crippen molar-refractivity contribution in [2.75, 3.05) is 18.6 Å². The van der Waals surface area contributed by atoms with Crippen molar-refractivity contribution in [2.24, 2.45) is 0 Å². The number of pyridine rings is 1. The zero-order chi connectivity index (χ0) is 24.5. The Morgan fingerprint density at radius 2 is 1.89 bits per heavy atom. The third kappa shape index (κ3) is 4.31. The second kappa shape index (κ2) is 9.35. The summed E-state index contributed by atoms with van der Waals surface area (Å²) in [6, 6.07) is 17.5. The van der Waals surface area contributed by atoms with Gasteiger partial charge in [-0.15, -0.1) is 0 Å². The molecule has 7 nitrogen and oxygen atoms in total. The third-order valence-corrected chi connectivity index (χ3v) is 6.49. The van der Waals surface area contributed by atoms with Gasteiger partial charge in [0.1, 0.15) is 11.4 Å². The number of ether oxygens (including phenoxy) is 1. The van der Waals surface area contributed by atoms with Crippen molar-refractivity contribution in [1.82, 2.24) is 9.97 Å². The molecule has 2 atom stereocenters. The Morgan fingerprint density at radius 3 is 2.60 bits per heavy atom. The number of ketones is 2. The number of carbonyl (C=O) groups is 2. The summed E-state index contributed by atoms with van der Waals surface area (Å²) in [6.45, 7) is 1.94. The summed E-state index contributed by atoms with van der Waals surface area (Å²) < 4.78 is 11.1.